The van der Waals surface area contributed by atoms with Gasteiger partial charge in [-0.3, -0.25) is 0 Å². The first-order valence-electron chi connectivity index (χ1n) is 4.76. The van der Waals surface area contributed by atoms with Gasteiger partial charge in [-0.05, 0) is 19.3 Å². The SMILES string of the molecule is CCC1COOOC1(CC)CC. The number of hydrogen-bond acceptors (Lipinski definition) is 3. The van der Waals surface area contributed by atoms with Crippen molar-refractivity contribution in [1.82, 2.24) is 0 Å². The molecule has 1 aliphatic rings. The molecule has 12 heavy (non-hydrogen) atoms. The summed E-state index contributed by atoms with van der Waals surface area (Å²) >= 11 is 0. The standard InChI is InChI=1S/C9H18O3/c1-4-8-7-10-12-11-9(8,5-2)6-3/h8H,4-7H2,1-3H3. The Balaban J connectivity index is 2.66. The Morgan fingerprint density at radius 2 is 1.92 bits per heavy atom. The molecule has 0 N–H and O–H groups in total. The molecule has 0 radical (unpaired) electrons. The van der Waals surface area contributed by atoms with Gasteiger partial charge in [0.25, 0.3) is 0 Å². The third-order valence-corrected chi connectivity index (χ3v) is 2.95. The zero-order chi connectivity index (χ0) is 9.03. The zero-order valence-corrected chi connectivity index (χ0v) is 8.13. The lowest BCUT2D eigenvalue weighted by Crippen LogP contribution is -2.45. The predicted octanol–water partition coefficient (Wildman–Crippen LogP) is 2.46. The van der Waals surface area contributed by atoms with Crippen molar-refractivity contribution in [2.45, 2.75) is 45.6 Å². The van der Waals surface area contributed by atoms with Crippen LogP contribution in [0.4, 0.5) is 0 Å². The minimum Gasteiger partial charge on any atom is -0.206 e. The van der Waals surface area contributed by atoms with Crippen molar-refractivity contribution in [1.29, 1.82) is 0 Å². The molecule has 0 aliphatic carbocycles. The minimum atomic E-state index is -0.118. The van der Waals surface area contributed by atoms with E-state index < -0.39 is 0 Å². The zero-order valence-electron chi connectivity index (χ0n) is 8.13. The Labute approximate surface area is 73.9 Å². The van der Waals surface area contributed by atoms with Crippen LogP contribution in [0.3, 0.4) is 0 Å². The van der Waals surface area contributed by atoms with Crippen LogP contribution in [0.5, 0.6) is 0 Å². The van der Waals surface area contributed by atoms with Crippen molar-refractivity contribution in [2.75, 3.05) is 6.61 Å². The van der Waals surface area contributed by atoms with Crippen LogP contribution in [0.25, 0.3) is 0 Å². The molecule has 0 saturated carbocycles. The van der Waals surface area contributed by atoms with E-state index in [1.165, 1.54) is 0 Å². The van der Waals surface area contributed by atoms with Gasteiger partial charge in [0.1, 0.15) is 5.60 Å². The van der Waals surface area contributed by atoms with E-state index in [0.717, 1.165) is 19.3 Å². The highest BCUT2D eigenvalue weighted by molar-refractivity contribution is 4.84. The summed E-state index contributed by atoms with van der Waals surface area (Å²) in [6.07, 6.45) is 3.03. The summed E-state index contributed by atoms with van der Waals surface area (Å²) in [5.41, 5.74) is -0.118. The molecule has 1 fully saturated rings. The van der Waals surface area contributed by atoms with Gasteiger partial charge in [0.2, 0.25) is 0 Å². The van der Waals surface area contributed by atoms with Crippen LogP contribution in [-0.2, 0) is 14.8 Å². The summed E-state index contributed by atoms with van der Waals surface area (Å²) in [4.78, 5) is 10.1. The summed E-state index contributed by atoms with van der Waals surface area (Å²) in [5.74, 6) is 0.459. The van der Waals surface area contributed by atoms with E-state index in [1.807, 2.05) is 0 Å². The summed E-state index contributed by atoms with van der Waals surface area (Å²) in [6.45, 7) is 7.06. The van der Waals surface area contributed by atoms with Crippen LogP contribution in [-0.4, -0.2) is 12.2 Å². The van der Waals surface area contributed by atoms with Crippen molar-refractivity contribution in [2.24, 2.45) is 5.92 Å². The summed E-state index contributed by atoms with van der Waals surface area (Å²) in [5, 5.41) is 4.60. The van der Waals surface area contributed by atoms with Gasteiger partial charge in [-0.25, -0.2) is 4.89 Å². The average Bonchev–Trinajstić information content (AvgIpc) is 2.17. The highest BCUT2D eigenvalue weighted by Crippen LogP contribution is 2.35. The van der Waals surface area contributed by atoms with E-state index in [2.05, 4.69) is 25.8 Å². The molecule has 0 aromatic carbocycles. The quantitative estimate of drug-likeness (QED) is 0.615. The van der Waals surface area contributed by atoms with Crippen molar-refractivity contribution < 1.29 is 14.8 Å². The average molecular weight is 174 g/mol. The molecule has 1 aliphatic heterocycles. The Morgan fingerprint density at radius 1 is 1.25 bits per heavy atom. The molecule has 0 bridgehead atoms. The predicted molar refractivity (Wildman–Crippen MR) is 45.2 cm³/mol. The molecule has 1 rings (SSSR count). The first-order chi connectivity index (χ1) is 5.79. The van der Waals surface area contributed by atoms with Crippen molar-refractivity contribution in [3.8, 4) is 0 Å². The largest absolute Gasteiger partial charge is 0.206 e. The van der Waals surface area contributed by atoms with Crippen molar-refractivity contribution in [3.05, 3.63) is 0 Å². The van der Waals surface area contributed by atoms with Crippen LogP contribution in [0, 0.1) is 5.92 Å². The van der Waals surface area contributed by atoms with Crippen LogP contribution in [0.15, 0.2) is 0 Å². The van der Waals surface area contributed by atoms with Crippen LogP contribution < -0.4 is 0 Å². The van der Waals surface area contributed by atoms with Gasteiger partial charge >= 0.3 is 0 Å². The second-order valence-electron chi connectivity index (χ2n) is 3.31. The van der Waals surface area contributed by atoms with Crippen LogP contribution in [0.2, 0.25) is 0 Å². The van der Waals surface area contributed by atoms with Gasteiger partial charge in [-0.1, -0.05) is 25.8 Å². The van der Waals surface area contributed by atoms with Gasteiger partial charge in [0.05, 0.1) is 6.61 Å². The molecule has 72 valence electrons. The normalized spacial score (nSPS) is 28.8. The molecular weight excluding hydrogens is 156 g/mol. The van der Waals surface area contributed by atoms with E-state index in [1.54, 1.807) is 0 Å². The van der Waals surface area contributed by atoms with E-state index in [0.29, 0.717) is 12.5 Å². The molecule has 3 heteroatoms. The summed E-state index contributed by atoms with van der Waals surface area (Å²) in [6, 6.07) is 0. The Bertz CT molecular complexity index is 132. The van der Waals surface area contributed by atoms with E-state index in [9.17, 15) is 0 Å². The first-order valence-corrected chi connectivity index (χ1v) is 4.76. The lowest BCUT2D eigenvalue weighted by molar-refractivity contribution is -0.580. The Hall–Kier alpha value is -0.120. The van der Waals surface area contributed by atoms with Crippen LogP contribution in [0.1, 0.15) is 40.0 Å². The van der Waals surface area contributed by atoms with Gasteiger partial charge in [0.15, 0.2) is 0 Å². The highest BCUT2D eigenvalue weighted by Gasteiger charge is 2.40. The maximum Gasteiger partial charge on any atom is 0.111 e. The molecule has 1 saturated heterocycles. The second-order valence-corrected chi connectivity index (χ2v) is 3.31. The molecular formula is C9H18O3. The topological polar surface area (TPSA) is 27.7 Å². The van der Waals surface area contributed by atoms with Crippen molar-refractivity contribution in [3.63, 3.8) is 0 Å². The molecule has 0 amide bonds. The third kappa shape index (κ3) is 1.63. The number of rotatable bonds is 3. The van der Waals surface area contributed by atoms with E-state index >= 15 is 0 Å². The number of hydrogen-bond donors (Lipinski definition) is 0. The lowest BCUT2D eigenvalue weighted by atomic mass is 9.81. The highest BCUT2D eigenvalue weighted by atomic mass is 17.5. The summed E-state index contributed by atoms with van der Waals surface area (Å²) in [7, 11) is 0. The lowest BCUT2D eigenvalue weighted by Gasteiger charge is -2.39. The second kappa shape index (κ2) is 4.21. The van der Waals surface area contributed by atoms with Gasteiger partial charge in [-0.15, -0.1) is 0 Å². The Kier molecular flexibility index (Phi) is 3.50. The van der Waals surface area contributed by atoms with E-state index in [4.69, 9.17) is 9.78 Å². The van der Waals surface area contributed by atoms with E-state index in [-0.39, 0.29) is 5.60 Å². The summed E-state index contributed by atoms with van der Waals surface area (Å²) < 4.78 is 0. The Morgan fingerprint density at radius 3 is 2.33 bits per heavy atom. The fourth-order valence-electron chi connectivity index (χ4n) is 1.86. The molecule has 0 aromatic heterocycles. The first kappa shape index (κ1) is 9.96. The molecule has 1 heterocycles. The molecule has 0 aromatic rings. The van der Waals surface area contributed by atoms with Gasteiger partial charge in [-0.2, -0.15) is 4.89 Å². The fraction of sp³-hybridized carbons (Fsp3) is 1.00. The van der Waals surface area contributed by atoms with Gasteiger partial charge < -0.3 is 0 Å². The monoisotopic (exact) mass is 174 g/mol. The van der Waals surface area contributed by atoms with Crippen LogP contribution >= 0.6 is 0 Å². The smallest absolute Gasteiger partial charge is 0.111 e. The molecule has 1 unspecified atom stereocenters. The van der Waals surface area contributed by atoms with Crippen molar-refractivity contribution >= 4 is 0 Å². The minimum absolute atomic E-state index is 0.118. The third-order valence-electron chi connectivity index (χ3n) is 2.95. The molecule has 3 nitrogen and oxygen atoms in total. The maximum atomic E-state index is 5.25. The molecule has 1 atom stereocenters. The molecule has 0 spiro atoms. The fourth-order valence-corrected chi connectivity index (χ4v) is 1.86. The maximum absolute atomic E-state index is 5.25. The van der Waals surface area contributed by atoms with Gasteiger partial charge in [0, 0.05) is 5.92 Å².